The number of carbonyl (C=O) groups excluding carboxylic acids is 2. The van der Waals surface area contributed by atoms with Crippen molar-refractivity contribution in [2.45, 2.75) is 25.3 Å². The lowest BCUT2D eigenvalue weighted by atomic mass is 9.90. The Bertz CT molecular complexity index is 1460. The first kappa shape index (κ1) is 24.7. The zero-order valence-corrected chi connectivity index (χ0v) is 21.5. The largest absolute Gasteiger partial charge is 0.493 e. The van der Waals surface area contributed by atoms with E-state index in [2.05, 4.69) is 0 Å². The first-order valence-corrected chi connectivity index (χ1v) is 12.9. The lowest BCUT2D eigenvalue weighted by Crippen LogP contribution is -2.36. The fourth-order valence-electron chi connectivity index (χ4n) is 5.25. The van der Waals surface area contributed by atoms with Crippen molar-refractivity contribution in [2.24, 2.45) is 5.92 Å². The Balaban J connectivity index is 1.33. The molecule has 39 heavy (non-hydrogen) atoms. The molecule has 0 spiro atoms. The number of para-hydroxylation sites is 1. The van der Waals surface area contributed by atoms with Crippen LogP contribution in [0, 0.1) is 5.92 Å². The minimum Gasteiger partial charge on any atom is -0.493 e. The van der Waals surface area contributed by atoms with Crippen LogP contribution in [0.15, 0.2) is 109 Å². The van der Waals surface area contributed by atoms with Gasteiger partial charge in [-0.2, -0.15) is 0 Å². The van der Waals surface area contributed by atoms with Crippen LogP contribution < -0.4 is 14.5 Å². The summed E-state index contributed by atoms with van der Waals surface area (Å²) < 4.78 is 11.7. The van der Waals surface area contributed by atoms with Crippen molar-refractivity contribution in [2.75, 3.05) is 12.2 Å². The maximum absolute atomic E-state index is 13.8. The molecule has 6 rings (SSSR count). The predicted octanol–water partition coefficient (Wildman–Crippen LogP) is 5.32. The number of anilines is 1. The van der Waals surface area contributed by atoms with Gasteiger partial charge in [0.25, 0.3) is 5.91 Å². The molecule has 0 aromatic heterocycles. The molecule has 0 N–H and O–H groups in total. The van der Waals surface area contributed by atoms with Gasteiger partial charge in [0.2, 0.25) is 5.91 Å². The molecule has 0 saturated carbocycles. The Morgan fingerprint density at radius 3 is 2.05 bits per heavy atom. The molecule has 0 aliphatic carbocycles. The summed E-state index contributed by atoms with van der Waals surface area (Å²) in [7, 11) is 1.59. The van der Waals surface area contributed by atoms with E-state index in [9.17, 15) is 9.59 Å². The zero-order valence-electron chi connectivity index (χ0n) is 21.5. The van der Waals surface area contributed by atoms with E-state index in [1.54, 1.807) is 12.2 Å². The van der Waals surface area contributed by atoms with E-state index in [1.807, 2.05) is 109 Å². The first-order chi connectivity index (χ1) is 19.1. The number of fused-ring (bicyclic) bond motifs is 1. The number of methoxy groups -OCH3 is 1. The fourth-order valence-corrected chi connectivity index (χ4v) is 5.25. The van der Waals surface area contributed by atoms with Crippen LogP contribution in [-0.4, -0.2) is 29.9 Å². The Morgan fingerprint density at radius 2 is 1.38 bits per heavy atom. The average Bonchev–Trinajstić information content (AvgIpc) is 3.49. The number of amides is 2. The molecule has 4 aromatic rings. The Kier molecular flexibility index (Phi) is 6.73. The third-order valence-corrected chi connectivity index (χ3v) is 7.17. The summed E-state index contributed by atoms with van der Waals surface area (Å²) in [5.74, 6) is -0.154. The number of rotatable bonds is 8. The van der Waals surface area contributed by atoms with Crippen LogP contribution in [0.4, 0.5) is 5.69 Å². The van der Waals surface area contributed by atoms with Crippen LogP contribution in [0.1, 0.15) is 22.7 Å². The summed E-state index contributed by atoms with van der Waals surface area (Å²) in [5, 5.41) is 1.68. The minimum absolute atomic E-state index is 0.211. The van der Waals surface area contributed by atoms with E-state index < -0.39 is 18.1 Å². The van der Waals surface area contributed by atoms with E-state index in [0.29, 0.717) is 18.1 Å². The SMILES string of the molecule is COc1cc([C@H]2[C@H]3C(=O)N(Cc4ccccc4)C(=O)[C@@H]3ON2c2ccccc2)ccc1OCc1ccccc1. The van der Waals surface area contributed by atoms with Crippen LogP contribution in [0.25, 0.3) is 0 Å². The van der Waals surface area contributed by atoms with Crippen molar-refractivity contribution in [3.05, 3.63) is 126 Å². The molecular formula is C32H28N2O5. The lowest BCUT2D eigenvalue weighted by molar-refractivity contribution is -0.143. The number of benzene rings is 4. The number of carbonyl (C=O) groups is 2. The van der Waals surface area contributed by atoms with Crippen LogP contribution in [0.3, 0.4) is 0 Å². The molecule has 196 valence electrons. The van der Waals surface area contributed by atoms with E-state index in [4.69, 9.17) is 14.3 Å². The number of imide groups is 1. The molecule has 2 amide bonds. The normalized spacial score (nSPS) is 20.3. The number of likely N-dealkylation sites (tertiary alicyclic amines) is 1. The van der Waals surface area contributed by atoms with Gasteiger partial charge >= 0.3 is 0 Å². The van der Waals surface area contributed by atoms with Gasteiger partial charge in [-0.15, -0.1) is 0 Å². The Labute approximate surface area is 227 Å². The molecule has 2 fully saturated rings. The summed E-state index contributed by atoms with van der Waals surface area (Å²) in [5.41, 5.74) is 3.48. The summed E-state index contributed by atoms with van der Waals surface area (Å²) in [6.07, 6.45) is -0.911. The van der Waals surface area contributed by atoms with Gasteiger partial charge in [-0.1, -0.05) is 84.9 Å². The van der Waals surface area contributed by atoms with E-state index in [-0.39, 0.29) is 18.4 Å². The second-order valence-corrected chi connectivity index (χ2v) is 9.59. The third kappa shape index (κ3) is 4.73. The molecule has 7 heteroatoms. The van der Waals surface area contributed by atoms with Gasteiger partial charge < -0.3 is 9.47 Å². The molecule has 2 aliphatic heterocycles. The van der Waals surface area contributed by atoms with Crippen LogP contribution in [0.5, 0.6) is 11.5 Å². The van der Waals surface area contributed by atoms with E-state index >= 15 is 0 Å². The molecule has 0 bridgehead atoms. The first-order valence-electron chi connectivity index (χ1n) is 12.9. The van der Waals surface area contributed by atoms with Crippen molar-refractivity contribution in [3.63, 3.8) is 0 Å². The number of nitrogens with zero attached hydrogens (tertiary/aromatic N) is 2. The van der Waals surface area contributed by atoms with Crippen LogP contribution >= 0.6 is 0 Å². The third-order valence-electron chi connectivity index (χ3n) is 7.17. The van der Waals surface area contributed by atoms with Crippen molar-refractivity contribution in [1.82, 2.24) is 4.90 Å². The second-order valence-electron chi connectivity index (χ2n) is 9.59. The van der Waals surface area contributed by atoms with Gasteiger partial charge in [0, 0.05) is 0 Å². The summed E-state index contributed by atoms with van der Waals surface area (Å²) in [6.45, 7) is 0.605. The van der Waals surface area contributed by atoms with E-state index in [0.717, 1.165) is 22.4 Å². The van der Waals surface area contributed by atoms with Crippen LogP contribution in [-0.2, 0) is 27.6 Å². The predicted molar refractivity (Wildman–Crippen MR) is 146 cm³/mol. The van der Waals surface area contributed by atoms with Crippen molar-refractivity contribution < 1.29 is 23.9 Å². The fraction of sp³-hybridized carbons (Fsp3) is 0.188. The highest BCUT2D eigenvalue weighted by molar-refractivity contribution is 6.07. The lowest BCUT2D eigenvalue weighted by Gasteiger charge is -2.29. The van der Waals surface area contributed by atoms with Crippen molar-refractivity contribution in [1.29, 1.82) is 0 Å². The van der Waals surface area contributed by atoms with Gasteiger partial charge in [-0.3, -0.25) is 19.3 Å². The Morgan fingerprint density at radius 1 is 0.744 bits per heavy atom. The van der Waals surface area contributed by atoms with Gasteiger partial charge in [-0.05, 0) is 41.0 Å². The van der Waals surface area contributed by atoms with Crippen molar-refractivity contribution in [3.8, 4) is 11.5 Å². The molecule has 3 atom stereocenters. The highest BCUT2D eigenvalue weighted by Crippen LogP contribution is 2.48. The van der Waals surface area contributed by atoms with Crippen LogP contribution in [0.2, 0.25) is 0 Å². The summed E-state index contributed by atoms with van der Waals surface area (Å²) >= 11 is 0. The maximum atomic E-state index is 13.8. The van der Waals surface area contributed by atoms with Gasteiger partial charge in [0.1, 0.15) is 12.5 Å². The average molecular weight is 521 g/mol. The minimum atomic E-state index is -0.911. The monoisotopic (exact) mass is 520 g/mol. The zero-order chi connectivity index (χ0) is 26.8. The number of hydroxylamine groups is 1. The van der Waals surface area contributed by atoms with Gasteiger partial charge in [0.15, 0.2) is 17.6 Å². The van der Waals surface area contributed by atoms with Gasteiger partial charge in [0.05, 0.1) is 25.4 Å². The maximum Gasteiger partial charge on any atom is 0.262 e. The quantitative estimate of drug-likeness (QED) is 0.293. The summed E-state index contributed by atoms with van der Waals surface area (Å²) in [6, 6.07) is 34.0. The van der Waals surface area contributed by atoms with Crippen molar-refractivity contribution >= 4 is 17.5 Å². The molecular weight excluding hydrogens is 492 g/mol. The smallest absolute Gasteiger partial charge is 0.262 e. The summed E-state index contributed by atoms with van der Waals surface area (Å²) in [4.78, 5) is 34.8. The molecule has 0 unspecified atom stereocenters. The van der Waals surface area contributed by atoms with E-state index in [1.165, 1.54) is 4.90 Å². The number of ether oxygens (including phenoxy) is 2. The molecule has 2 aliphatic rings. The molecule has 4 aromatic carbocycles. The molecule has 2 heterocycles. The Hall–Kier alpha value is -4.62. The number of hydrogen-bond donors (Lipinski definition) is 0. The standard InChI is InChI=1S/C32H28N2O5/c1-37-27-19-24(17-18-26(27)38-21-23-13-7-3-8-14-23)29-28-30(39-34(29)25-15-9-4-10-16-25)32(36)33(31(28)35)20-22-11-5-2-6-12-22/h2-19,28-30H,20-21H2,1H3/t28-,29+,30-/m1/s1. The molecule has 7 nitrogen and oxygen atoms in total. The topological polar surface area (TPSA) is 68.3 Å². The highest BCUT2D eigenvalue weighted by Gasteiger charge is 2.59. The molecule has 2 saturated heterocycles. The highest BCUT2D eigenvalue weighted by atomic mass is 16.7. The number of hydrogen-bond acceptors (Lipinski definition) is 6. The second kappa shape index (κ2) is 10.6. The molecule has 0 radical (unpaired) electrons. The van der Waals surface area contributed by atoms with Gasteiger partial charge in [-0.25, -0.2) is 5.06 Å².